The molecule has 1 heterocycles. The summed E-state index contributed by atoms with van der Waals surface area (Å²) in [5, 5.41) is 2.26. The highest BCUT2D eigenvalue weighted by Crippen LogP contribution is 2.30. The van der Waals surface area contributed by atoms with Crippen LogP contribution in [0.5, 0.6) is 0 Å². The maximum atomic E-state index is 13.4. The molecule has 0 aliphatic rings. The van der Waals surface area contributed by atoms with Crippen LogP contribution in [0.2, 0.25) is 0 Å². The first-order valence-electron chi connectivity index (χ1n) is 6.12. The van der Waals surface area contributed by atoms with Gasteiger partial charge in [-0.05, 0) is 0 Å². The van der Waals surface area contributed by atoms with Crippen molar-refractivity contribution in [3.05, 3.63) is 41.1 Å². The van der Waals surface area contributed by atoms with Gasteiger partial charge in [-0.25, -0.2) is 22.5 Å². The molecule has 0 amide bonds. The minimum Gasteiger partial charge on any atom is -0.357 e. The summed E-state index contributed by atoms with van der Waals surface area (Å²) in [7, 11) is 1.24. The van der Waals surface area contributed by atoms with Crippen LogP contribution in [0, 0.1) is 23.3 Å². The second-order valence-corrected chi connectivity index (χ2v) is 4.30. The number of halogens is 7. The lowest BCUT2D eigenvalue weighted by Crippen LogP contribution is -2.17. The smallest absolute Gasteiger partial charge is 0.357 e. The first-order chi connectivity index (χ1) is 11.1. The van der Waals surface area contributed by atoms with Crippen LogP contribution in [0.3, 0.4) is 0 Å². The molecule has 0 aliphatic heterocycles. The highest BCUT2D eigenvalue weighted by molar-refractivity contribution is 5.53. The van der Waals surface area contributed by atoms with Crippen LogP contribution in [0.25, 0.3) is 0 Å². The number of benzene rings is 1. The first kappa shape index (κ1) is 17.6. The van der Waals surface area contributed by atoms with E-state index in [9.17, 15) is 30.7 Å². The highest BCUT2D eigenvalue weighted by atomic mass is 19.4. The largest absolute Gasteiger partial charge is 0.433 e. The fourth-order valence-electron chi connectivity index (χ4n) is 1.58. The quantitative estimate of drug-likeness (QED) is 0.445. The van der Waals surface area contributed by atoms with Gasteiger partial charge in [0.2, 0.25) is 5.95 Å². The second kappa shape index (κ2) is 6.37. The predicted molar refractivity (Wildman–Crippen MR) is 70.1 cm³/mol. The average molecular weight is 355 g/mol. The van der Waals surface area contributed by atoms with Crippen molar-refractivity contribution in [3.8, 4) is 0 Å². The Balaban J connectivity index is 2.33. The zero-order valence-corrected chi connectivity index (χ0v) is 11.7. The average Bonchev–Trinajstić information content (AvgIpc) is 2.52. The maximum absolute atomic E-state index is 13.4. The van der Waals surface area contributed by atoms with Crippen molar-refractivity contribution >= 4 is 17.5 Å². The van der Waals surface area contributed by atoms with Crippen LogP contribution < -0.4 is 16.2 Å². The molecule has 3 N–H and O–H groups in total. The van der Waals surface area contributed by atoms with Crippen LogP contribution in [-0.4, -0.2) is 17.0 Å². The molecule has 12 heteroatoms. The van der Waals surface area contributed by atoms with Gasteiger partial charge >= 0.3 is 6.18 Å². The fraction of sp³-hybridized carbons (Fsp3) is 0.167. The van der Waals surface area contributed by atoms with E-state index in [0.717, 1.165) is 0 Å². The number of alkyl halides is 3. The van der Waals surface area contributed by atoms with E-state index in [0.29, 0.717) is 6.07 Å². The summed E-state index contributed by atoms with van der Waals surface area (Å²) in [6.45, 7) is 0. The van der Waals surface area contributed by atoms with Crippen LogP contribution in [0.4, 0.5) is 48.2 Å². The number of hydrogen-bond acceptors (Lipinski definition) is 5. The second-order valence-electron chi connectivity index (χ2n) is 4.30. The molecule has 2 aromatic rings. The van der Waals surface area contributed by atoms with Crippen molar-refractivity contribution in [2.24, 2.45) is 0 Å². The third kappa shape index (κ3) is 3.58. The molecule has 0 atom stereocenters. The fourth-order valence-corrected chi connectivity index (χ4v) is 1.58. The predicted octanol–water partition coefficient (Wildman–Crippen LogP) is 3.53. The summed E-state index contributed by atoms with van der Waals surface area (Å²) in [6, 6.07) is 0.417. The Hall–Kier alpha value is -2.79. The van der Waals surface area contributed by atoms with Crippen molar-refractivity contribution < 1.29 is 30.7 Å². The van der Waals surface area contributed by atoms with E-state index in [1.165, 1.54) is 7.05 Å². The molecule has 0 bridgehead atoms. The topological polar surface area (TPSA) is 61.9 Å². The molecule has 1 aromatic carbocycles. The summed E-state index contributed by atoms with van der Waals surface area (Å²) in [5.74, 6) is -7.90. The van der Waals surface area contributed by atoms with Crippen LogP contribution >= 0.6 is 0 Å². The van der Waals surface area contributed by atoms with Gasteiger partial charge in [0.15, 0.2) is 34.8 Å². The summed E-state index contributed by atoms with van der Waals surface area (Å²) in [4.78, 5) is 6.71. The lowest BCUT2D eigenvalue weighted by Gasteiger charge is -2.14. The van der Waals surface area contributed by atoms with Gasteiger partial charge in [0, 0.05) is 19.2 Å². The summed E-state index contributed by atoms with van der Waals surface area (Å²) < 4.78 is 91.1. The Morgan fingerprint density at radius 1 is 0.875 bits per heavy atom. The molecule has 0 fully saturated rings. The molecular weight excluding hydrogens is 347 g/mol. The van der Waals surface area contributed by atoms with Crippen molar-refractivity contribution in [3.63, 3.8) is 0 Å². The molecule has 0 unspecified atom stereocenters. The zero-order valence-electron chi connectivity index (χ0n) is 11.7. The molecule has 0 spiro atoms. The zero-order chi connectivity index (χ0) is 18.1. The molecule has 0 aliphatic carbocycles. The van der Waals surface area contributed by atoms with Gasteiger partial charge in [0.25, 0.3) is 0 Å². The van der Waals surface area contributed by atoms with Crippen molar-refractivity contribution in [2.45, 2.75) is 6.18 Å². The van der Waals surface area contributed by atoms with E-state index in [2.05, 4.69) is 15.3 Å². The van der Waals surface area contributed by atoms with Crippen LogP contribution in [0.1, 0.15) is 5.69 Å². The lowest BCUT2D eigenvalue weighted by atomic mass is 10.2. The Morgan fingerprint density at radius 3 is 1.96 bits per heavy atom. The van der Waals surface area contributed by atoms with Crippen molar-refractivity contribution in [1.82, 2.24) is 9.97 Å². The van der Waals surface area contributed by atoms with E-state index >= 15 is 0 Å². The normalized spacial score (nSPS) is 11.3. The Morgan fingerprint density at radius 2 is 1.46 bits per heavy atom. The SMILES string of the molecule is CNc1nc(NNc2c(F)c(F)cc(F)c2F)cc(C(F)(F)F)n1. The van der Waals surface area contributed by atoms with Gasteiger partial charge in [-0.2, -0.15) is 18.2 Å². The van der Waals surface area contributed by atoms with Gasteiger partial charge in [0.1, 0.15) is 5.69 Å². The van der Waals surface area contributed by atoms with Crippen LogP contribution in [0.15, 0.2) is 12.1 Å². The molecule has 2 rings (SSSR count). The van der Waals surface area contributed by atoms with Gasteiger partial charge < -0.3 is 5.32 Å². The molecule has 0 saturated heterocycles. The van der Waals surface area contributed by atoms with Gasteiger partial charge in [-0.1, -0.05) is 0 Å². The molecule has 0 radical (unpaired) electrons. The third-order valence-corrected chi connectivity index (χ3v) is 2.67. The maximum Gasteiger partial charge on any atom is 0.433 e. The number of rotatable bonds is 4. The molecule has 1 aromatic heterocycles. The third-order valence-electron chi connectivity index (χ3n) is 2.67. The monoisotopic (exact) mass is 355 g/mol. The van der Waals surface area contributed by atoms with E-state index in [4.69, 9.17) is 0 Å². The Kier molecular flexibility index (Phi) is 4.66. The van der Waals surface area contributed by atoms with E-state index in [1.54, 1.807) is 5.43 Å². The van der Waals surface area contributed by atoms with E-state index < -0.39 is 52.6 Å². The number of nitrogens with zero attached hydrogens (tertiary/aromatic N) is 2. The molecule has 24 heavy (non-hydrogen) atoms. The van der Waals surface area contributed by atoms with E-state index in [1.807, 2.05) is 5.43 Å². The first-order valence-corrected chi connectivity index (χ1v) is 6.12. The number of aromatic nitrogens is 2. The molecule has 0 saturated carbocycles. The van der Waals surface area contributed by atoms with Crippen molar-refractivity contribution in [2.75, 3.05) is 23.2 Å². The minimum atomic E-state index is -4.81. The summed E-state index contributed by atoms with van der Waals surface area (Å²) in [5.41, 5.74) is 1.07. The number of nitrogens with one attached hydrogen (secondary N) is 3. The Bertz CT molecular complexity index is 736. The highest BCUT2D eigenvalue weighted by Gasteiger charge is 2.33. The molecular formula is C12H8F7N5. The number of anilines is 3. The van der Waals surface area contributed by atoms with Gasteiger partial charge in [-0.3, -0.25) is 10.9 Å². The number of hydrogen-bond donors (Lipinski definition) is 3. The Labute approximate surface area is 129 Å². The summed E-state index contributed by atoms with van der Waals surface area (Å²) in [6.07, 6.45) is -4.81. The van der Waals surface area contributed by atoms with Gasteiger partial charge in [-0.15, -0.1) is 0 Å². The molecule has 130 valence electrons. The van der Waals surface area contributed by atoms with Gasteiger partial charge in [0.05, 0.1) is 0 Å². The number of hydrazine groups is 1. The summed E-state index contributed by atoms with van der Waals surface area (Å²) >= 11 is 0. The van der Waals surface area contributed by atoms with Crippen LogP contribution in [-0.2, 0) is 6.18 Å². The van der Waals surface area contributed by atoms with E-state index in [-0.39, 0.29) is 6.07 Å². The standard InChI is InChI=1S/C12H8F7N5/c1-20-11-21-6(12(17,18)19)3-7(22-11)23-24-10-8(15)4(13)2-5(14)9(10)16/h2-3,24H,1H3,(H2,20,21,22,23). The lowest BCUT2D eigenvalue weighted by molar-refractivity contribution is -0.141. The minimum absolute atomic E-state index is 0.0125. The molecule has 5 nitrogen and oxygen atoms in total. The van der Waals surface area contributed by atoms with Crippen molar-refractivity contribution in [1.29, 1.82) is 0 Å².